The number of esters is 2. The molecule has 4 aliphatic rings. The SMILES string of the molecule is CC[C@H](C)OC(=O)[C@@H]1[C@H]2C=C[C@@H]([C@@H]3C[C@H]23)[C@H]1C(=O)OCC(=O)c1ccccc1. The molecule has 5 rings (SSSR count). The van der Waals surface area contributed by atoms with Crippen LogP contribution in [0.15, 0.2) is 42.5 Å². The second-order valence-electron chi connectivity index (χ2n) is 8.21. The standard InChI is InChI=1S/C23H26O5/c1-3-13(2)28-23(26)21-16-10-9-15(17-11-18(16)17)20(21)22(25)27-12-19(24)14-7-5-4-6-8-14/h4-10,13,15-18,20-21H,3,11-12H2,1-2H3/t13-,15-,16-,17-,18+,20+,21+/m0/s1. The Morgan fingerprint density at radius 1 is 1.00 bits per heavy atom. The van der Waals surface area contributed by atoms with Crippen molar-refractivity contribution in [3.8, 4) is 0 Å². The molecule has 1 aromatic rings. The number of fused-ring (bicyclic) bond motifs is 1. The van der Waals surface area contributed by atoms with Gasteiger partial charge in [0.1, 0.15) is 0 Å². The van der Waals surface area contributed by atoms with Crippen molar-refractivity contribution in [1.82, 2.24) is 0 Å². The fraction of sp³-hybridized carbons (Fsp3) is 0.522. The molecule has 5 nitrogen and oxygen atoms in total. The minimum Gasteiger partial charge on any atom is -0.462 e. The zero-order valence-corrected chi connectivity index (χ0v) is 16.2. The molecule has 0 heterocycles. The number of ketones is 1. The predicted molar refractivity (Wildman–Crippen MR) is 102 cm³/mol. The van der Waals surface area contributed by atoms with Crippen LogP contribution in [0.4, 0.5) is 0 Å². The number of benzene rings is 1. The highest BCUT2D eigenvalue weighted by atomic mass is 16.5. The zero-order valence-electron chi connectivity index (χ0n) is 16.2. The maximum atomic E-state index is 12.9. The molecule has 0 N–H and O–H groups in total. The van der Waals surface area contributed by atoms with Gasteiger partial charge in [-0.25, -0.2) is 0 Å². The smallest absolute Gasteiger partial charge is 0.310 e. The molecule has 0 radical (unpaired) electrons. The Morgan fingerprint density at radius 3 is 2.21 bits per heavy atom. The Hall–Kier alpha value is -2.43. The van der Waals surface area contributed by atoms with E-state index in [-0.39, 0.29) is 36.3 Å². The lowest BCUT2D eigenvalue weighted by molar-refractivity contribution is -0.170. The topological polar surface area (TPSA) is 69.7 Å². The molecule has 0 saturated heterocycles. The lowest BCUT2D eigenvalue weighted by Crippen LogP contribution is -2.48. The number of rotatable bonds is 7. The molecule has 2 saturated carbocycles. The normalized spacial score (nSPS) is 32.9. The van der Waals surface area contributed by atoms with Crippen molar-refractivity contribution in [3.63, 3.8) is 0 Å². The predicted octanol–water partition coefficient (Wildman–Crippen LogP) is 3.44. The van der Waals surface area contributed by atoms with Crippen molar-refractivity contribution in [2.24, 2.45) is 35.5 Å². The summed E-state index contributed by atoms with van der Waals surface area (Å²) in [5, 5.41) is 0. The third kappa shape index (κ3) is 3.38. The van der Waals surface area contributed by atoms with E-state index in [1.165, 1.54) is 0 Å². The van der Waals surface area contributed by atoms with Gasteiger partial charge in [-0.05, 0) is 43.4 Å². The molecule has 2 bridgehead atoms. The van der Waals surface area contributed by atoms with Gasteiger partial charge in [-0.3, -0.25) is 14.4 Å². The van der Waals surface area contributed by atoms with Crippen molar-refractivity contribution in [2.75, 3.05) is 6.61 Å². The summed E-state index contributed by atoms with van der Waals surface area (Å²) in [6.45, 7) is 3.52. The summed E-state index contributed by atoms with van der Waals surface area (Å²) in [7, 11) is 0. The largest absolute Gasteiger partial charge is 0.462 e. The Bertz CT molecular complexity index is 798. The Labute approximate surface area is 165 Å². The van der Waals surface area contributed by atoms with Crippen molar-refractivity contribution in [1.29, 1.82) is 0 Å². The van der Waals surface area contributed by atoms with Crippen molar-refractivity contribution < 1.29 is 23.9 Å². The van der Waals surface area contributed by atoms with Crippen LogP contribution in [0.3, 0.4) is 0 Å². The summed E-state index contributed by atoms with van der Waals surface area (Å²) in [6, 6.07) is 8.76. The fourth-order valence-electron chi connectivity index (χ4n) is 4.82. The number of hydrogen-bond acceptors (Lipinski definition) is 5. The second kappa shape index (κ2) is 7.53. The van der Waals surface area contributed by atoms with E-state index in [0.717, 1.165) is 12.8 Å². The molecule has 0 spiro atoms. The van der Waals surface area contributed by atoms with E-state index < -0.39 is 17.8 Å². The first-order valence-electron chi connectivity index (χ1n) is 10.1. The van der Waals surface area contributed by atoms with Crippen molar-refractivity contribution in [2.45, 2.75) is 32.8 Å². The van der Waals surface area contributed by atoms with Crippen molar-refractivity contribution >= 4 is 17.7 Å². The first kappa shape index (κ1) is 18.9. The van der Waals surface area contributed by atoms with Gasteiger partial charge < -0.3 is 9.47 Å². The van der Waals surface area contributed by atoms with Crippen LogP contribution in [0.5, 0.6) is 0 Å². The summed E-state index contributed by atoms with van der Waals surface area (Å²) in [5.41, 5.74) is 0.510. The molecule has 1 aromatic carbocycles. The number of Topliss-reactive ketones (excluding diaryl/α,β-unsaturated/α-hetero) is 1. The lowest BCUT2D eigenvalue weighted by Gasteiger charge is -2.42. The molecule has 2 fully saturated rings. The highest BCUT2D eigenvalue weighted by molar-refractivity contribution is 5.98. The highest BCUT2D eigenvalue weighted by Gasteiger charge is 2.63. The van der Waals surface area contributed by atoms with Gasteiger partial charge in [-0.1, -0.05) is 49.4 Å². The molecule has 0 aromatic heterocycles. The van der Waals surface area contributed by atoms with Gasteiger partial charge in [-0.2, -0.15) is 0 Å². The van der Waals surface area contributed by atoms with Crippen LogP contribution in [0.1, 0.15) is 37.0 Å². The van der Waals surface area contributed by atoms with Gasteiger partial charge in [0.05, 0.1) is 17.9 Å². The van der Waals surface area contributed by atoms with Crippen LogP contribution in [0.2, 0.25) is 0 Å². The lowest BCUT2D eigenvalue weighted by atomic mass is 9.62. The maximum Gasteiger partial charge on any atom is 0.310 e. The summed E-state index contributed by atoms with van der Waals surface area (Å²) in [6.07, 6.45) is 5.75. The molecule has 148 valence electrons. The molecule has 7 atom stereocenters. The third-order valence-corrected chi connectivity index (χ3v) is 6.53. The van der Waals surface area contributed by atoms with Crippen LogP contribution < -0.4 is 0 Å². The van der Waals surface area contributed by atoms with E-state index in [1.54, 1.807) is 24.3 Å². The number of carbonyl (C=O) groups excluding carboxylic acids is 3. The van der Waals surface area contributed by atoms with Gasteiger partial charge in [0.2, 0.25) is 0 Å². The number of hydrogen-bond donors (Lipinski definition) is 0. The Kier molecular flexibility index (Phi) is 5.09. The van der Waals surface area contributed by atoms with Crippen molar-refractivity contribution in [3.05, 3.63) is 48.0 Å². The minimum atomic E-state index is -0.557. The van der Waals surface area contributed by atoms with Gasteiger partial charge in [-0.15, -0.1) is 0 Å². The highest BCUT2D eigenvalue weighted by Crippen LogP contribution is 2.63. The van der Waals surface area contributed by atoms with E-state index >= 15 is 0 Å². The average Bonchev–Trinajstić information content (AvgIpc) is 3.54. The summed E-state index contributed by atoms with van der Waals surface area (Å²) >= 11 is 0. The minimum absolute atomic E-state index is 0.00353. The maximum absolute atomic E-state index is 12.9. The fourth-order valence-corrected chi connectivity index (χ4v) is 4.82. The Morgan fingerprint density at radius 2 is 1.61 bits per heavy atom. The molecular formula is C23H26O5. The van der Waals surface area contributed by atoms with Crippen LogP contribution in [0.25, 0.3) is 0 Å². The first-order valence-corrected chi connectivity index (χ1v) is 10.1. The van der Waals surface area contributed by atoms with Gasteiger partial charge in [0, 0.05) is 5.56 Å². The van der Waals surface area contributed by atoms with Crippen LogP contribution in [0, 0.1) is 35.5 Å². The molecule has 0 amide bonds. The quantitative estimate of drug-likeness (QED) is 0.410. The number of allylic oxidation sites excluding steroid dienone is 2. The van der Waals surface area contributed by atoms with E-state index in [4.69, 9.17) is 9.47 Å². The van der Waals surface area contributed by atoms with E-state index in [1.807, 2.05) is 19.9 Å². The molecule has 0 aliphatic heterocycles. The first-order chi connectivity index (χ1) is 13.5. The summed E-state index contributed by atoms with van der Waals surface area (Å²) in [5.74, 6) is -1.11. The molecule has 5 heteroatoms. The molecular weight excluding hydrogens is 356 g/mol. The zero-order chi connectivity index (χ0) is 19.8. The van der Waals surface area contributed by atoms with E-state index in [0.29, 0.717) is 17.4 Å². The average molecular weight is 382 g/mol. The Balaban J connectivity index is 1.47. The van der Waals surface area contributed by atoms with E-state index in [2.05, 4.69) is 12.2 Å². The van der Waals surface area contributed by atoms with Crippen LogP contribution in [-0.4, -0.2) is 30.4 Å². The van der Waals surface area contributed by atoms with Gasteiger partial charge in [0.25, 0.3) is 0 Å². The van der Waals surface area contributed by atoms with Crippen LogP contribution >= 0.6 is 0 Å². The molecule has 0 unspecified atom stereocenters. The molecule has 28 heavy (non-hydrogen) atoms. The second-order valence-corrected chi connectivity index (χ2v) is 8.21. The van der Waals surface area contributed by atoms with E-state index in [9.17, 15) is 14.4 Å². The number of carbonyl (C=O) groups is 3. The monoisotopic (exact) mass is 382 g/mol. The van der Waals surface area contributed by atoms with Gasteiger partial charge >= 0.3 is 11.9 Å². The third-order valence-electron chi connectivity index (χ3n) is 6.53. The summed E-state index contributed by atoms with van der Waals surface area (Å²) < 4.78 is 11.0. The summed E-state index contributed by atoms with van der Waals surface area (Å²) in [4.78, 5) is 38.1. The molecule has 4 aliphatic carbocycles. The number of ether oxygens (including phenoxy) is 2. The van der Waals surface area contributed by atoms with Crippen LogP contribution in [-0.2, 0) is 19.1 Å². The van der Waals surface area contributed by atoms with Gasteiger partial charge in [0.15, 0.2) is 12.4 Å².